The lowest BCUT2D eigenvalue weighted by atomic mass is 10.0. The molecule has 4 heteroatoms. The minimum Gasteiger partial charge on any atom is -0.330 e. The van der Waals surface area contributed by atoms with Crippen LogP contribution in [0.15, 0.2) is 66.0 Å². The molecule has 1 saturated heterocycles. The fourth-order valence-corrected chi connectivity index (χ4v) is 4.06. The Morgan fingerprint density at radius 3 is 2.50 bits per heavy atom. The van der Waals surface area contributed by atoms with Gasteiger partial charge in [0.2, 0.25) is 0 Å². The monoisotopic (exact) mass is 334 g/mol. The van der Waals surface area contributed by atoms with Crippen molar-refractivity contribution in [1.29, 1.82) is 0 Å². The van der Waals surface area contributed by atoms with Gasteiger partial charge in [0.25, 0.3) is 5.91 Å². The molecule has 3 nitrogen and oxygen atoms in total. The van der Waals surface area contributed by atoms with Gasteiger partial charge in [-0.1, -0.05) is 60.7 Å². The first kappa shape index (κ1) is 15.1. The van der Waals surface area contributed by atoms with E-state index >= 15 is 0 Å². The molecule has 0 spiro atoms. The summed E-state index contributed by atoms with van der Waals surface area (Å²) in [6, 6.07) is 20.5. The van der Waals surface area contributed by atoms with Gasteiger partial charge in [0.15, 0.2) is 0 Å². The van der Waals surface area contributed by atoms with Crippen LogP contribution >= 0.6 is 11.3 Å². The van der Waals surface area contributed by atoms with E-state index in [0.717, 1.165) is 30.0 Å². The van der Waals surface area contributed by atoms with Crippen molar-refractivity contribution in [2.24, 2.45) is 0 Å². The summed E-state index contributed by atoms with van der Waals surface area (Å²) in [6.07, 6.45) is 2.06. The predicted molar refractivity (Wildman–Crippen MR) is 97.0 cm³/mol. The van der Waals surface area contributed by atoms with E-state index in [4.69, 9.17) is 0 Å². The molecule has 0 bridgehead atoms. The topological polar surface area (TPSA) is 33.2 Å². The zero-order valence-electron chi connectivity index (χ0n) is 13.3. The average molecular weight is 334 g/mol. The first-order valence-corrected chi connectivity index (χ1v) is 9.08. The molecule has 1 aliphatic heterocycles. The summed E-state index contributed by atoms with van der Waals surface area (Å²) in [5, 5.41) is 2.78. The first-order chi connectivity index (χ1) is 11.8. The van der Waals surface area contributed by atoms with E-state index in [0.29, 0.717) is 5.69 Å². The highest BCUT2D eigenvalue weighted by molar-refractivity contribution is 7.13. The van der Waals surface area contributed by atoms with Crippen molar-refractivity contribution in [2.75, 3.05) is 6.54 Å². The molecule has 2 heterocycles. The molecular weight excluding hydrogens is 316 g/mol. The Bertz CT molecular complexity index is 829. The average Bonchev–Trinajstić information content (AvgIpc) is 3.32. The van der Waals surface area contributed by atoms with Crippen LogP contribution < -0.4 is 0 Å². The standard InChI is InChI=1S/C20H18N2OS/c23-20(17-14-24-19(21-17)16-10-5-2-6-11-16)22-13-7-12-18(22)15-8-3-1-4-9-15/h1-6,8-11,14,18H,7,12-13H2. The van der Waals surface area contributed by atoms with E-state index < -0.39 is 0 Å². The molecule has 1 aliphatic rings. The lowest BCUT2D eigenvalue weighted by Crippen LogP contribution is -2.30. The van der Waals surface area contributed by atoms with Crippen LogP contribution in [0.25, 0.3) is 10.6 Å². The molecule has 2 aromatic carbocycles. The number of hydrogen-bond acceptors (Lipinski definition) is 3. The number of aromatic nitrogens is 1. The second-order valence-electron chi connectivity index (χ2n) is 5.97. The number of thiazole rings is 1. The quantitative estimate of drug-likeness (QED) is 0.690. The van der Waals surface area contributed by atoms with Gasteiger partial charge in [0.05, 0.1) is 6.04 Å². The third kappa shape index (κ3) is 2.85. The van der Waals surface area contributed by atoms with Crippen LogP contribution in [0.2, 0.25) is 0 Å². The Morgan fingerprint density at radius 1 is 1.04 bits per heavy atom. The highest BCUT2D eigenvalue weighted by atomic mass is 32.1. The molecule has 0 radical (unpaired) electrons. The van der Waals surface area contributed by atoms with E-state index in [1.807, 2.05) is 58.8 Å². The highest BCUT2D eigenvalue weighted by Crippen LogP contribution is 2.33. The molecule has 1 fully saturated rings. The zero-order valence-corrected chi connectivity index (χ0v) is 14.1. The number of carbonyl (C=O) groups is 1. The van der Waals surface area contributed by atoms with Crippen LogP contribution in [-0.4, -0.2) is 22.3 Å². The predicted octanol–water partition coefficient (Wildman–Crippen LogP) is 4.79. The lowest BCUT2D eigenvalue weighted by molar-refractivity contribution is 0.0730. The summed E-state index contributed by atoms with van der Waals surface area (Å²) in [5.41, 5.74) is 2.83. The minimum absolute atomic E-state index is 0.0415. The van der Waals surface area contributed by atoms with Crippen molar-refractivity contribution in [1.82, 2.24) is 9.88 Å². The van der Waals surface area contributed by atoms with Gasteiger partial charge in [-0.25, -0.2) is 4.98 Å². The second kappa shape index (κ2) is 6.57. The molecule has 3 aromatic rings. The first-order valence-electron chi connectivity index (χ1n) is 8.20. The zero-order chi connectivity index (χ0) is 16.4. The number of amides is 1. The number of carbonyl (C=O) groups excluding carboxylic acids is 1. The smallest absolute Gasteiger partial charge is 0.273 e. The van der Waals surface area contributed by atoms with Crippen LogP contribution in [0.1, 0.15) is 34.9 Å². The second-order valence-corrected chi connectivity index (χ2v) is 6.83. The molecule has 0 saturated carbocycles. The van der Waals surface area contributed by atoms with Gasteiger partial charge < -0.3 is 4.90 Å². The maximum Gasteiger partial charge on any atom is 0.273 e. The largest absolute Gasteiger partial charge is 0.330 e. The molecule has 0 aliphatic carbocycles. The lowest BCUT2D eigenvalue weighted by Gasteiger charge is -2.24. The minimum atomic E-state index is 0.0415. The van der Waals surface area contributed by atoms with Crippen LogP contribution in [0, 0.1) is 0 Å². The van der Waals surface area contributed by atoms with E-state index in [2.05, 4.69) is 17.1 Å². The summed E-state index contributed by atoms with van der Waals surface area (Å²) >= 11 is 1.53. The molecule has 1 aromatic heterocycles. The van der Waals surface area contributed by atoms with Gasteiger partial charge in [-0.3, -0.25) is 4.79 Å². The summed E-state index contributed by atoms with van der Waals surface area (Å²) in [5.74, 6) is 0.0415. The number of rotatable bonds is 3. The molecule has 1 amide bonds. The molecule has 24 heavy (non-hydrogen) atoms. The Labute approximate surface area is 145 Å². The molecule has 1 unspecified atom stereocenters. The third-order valence-corrected chi connectivity index (χ3v) is 5.33. The summed E-state index contributed by atoms with van der Waals surface area (Å²) in [7, 11) is 0. The third-order valence-electron chi connectivity index (χ3n) is 4.44. The normalized spacial score (nSPS) is 17.2. The van der Waals surface area contributed by atoms with Gasteiger partial charge in [-0.15, -0.1) is 11.3 Å². The van der Waals surface area contributed by atoms with E-state index in [1.54, 1.807) is 0 Å². The number of nitrogens with zero attached hydrogens (tertiary/aromatic N) is 2. The van der Waals surface area contributed by atoms with Crippen molar-refractivity contribution >= 4 is 17.2 Å². The SMILES string of the molecule is O=C(c1csc(-c2ccccc2)n1)N1CCCC1c1ccccc1. The molecule has 1 atom stereocenters. The van der Waals surface area contributed by atoms with Gasteiger partial charge in [0, 0.05) is 17.5 Å². The number of hydrogen-bond donors (Lipinski definition) is 0. The van der Waals surface area contributed by atoms with E-state index in [9.17, 15) is 4.79 Å². The number of likely N-dealkylation sites (tertiary alicyclic amines) is 1. The van der Waals surface area contributed by atoms with Crippen molar-refractivity contribution in [3.8, 4) is 10.6 Å². The van der Waals surface area contributed by atoms with Crippen LogP contribution in [0.3, 0.4) is 0 Å². The molecule has 120 valence electrons. The Hall–Kier alpha value is -2.46. The van der Waals surface area contributed by atoms with Gasteiger partial charge in [-0.05, 0) is 18.4 Å². The Morgan fingerprint density at radius 2 is 1.75 bits per heavy atom. The Kier molecular flexibility index (Phi) is 4.13. The summed E-state index contributed by atoms with van der Waals surface area (Å²) in [4.78, 5) is 19.5. The number of benzene rings is 2. The van der Waals surface area contributed by atoms with Gasteiger partial charge in [-0.2, -0.15) is 0 Å². The highest BCUT2D eigenvalue weighted by Gasteiger charge is 2.31. The summed E-state index contributed by atoms with van der Waals surface area (Å²) in [6.45, 7) is 0.802. The van der Waals surface area contributed by atoms with Crippen molar-refractivity contribution in [3.63, 3.8) is 0 Å². The van der Waals surface area contributed by atoms with Crippen molar-refractivity contribution < 1.29 is 4.79 Å². The Balaban J connectivity index is 1.58. The molecule has 4 rings (SSSR count). The van der Waals surface area contributed by atoms with E-state index in [-0.39, 0.29) is 11.9 Å². The fourth-order valence-electron chi connectivity index (χ4n) is 3.26. The van der Waals surface area contributed by atoms with Crippen LogP contribution in [0.5, 0.6) is 0 Å². The van der Waals surface area contributed by atoms with E-state index in [1.165, 1.54) is 16.9 Å². The molecule has 0 N–H and O–H groups in total. The molecular formula is C20H18N2OS. The van der Waals surface area contributed by atoms with Crippen LogP contribution in [-0.2, 0) is 0 Å². The summed E-state index contributed by atoms with van der Waals surface area (Å²) < 4.78 is 0. The maximum atomic E-state index is 12.9. The van der Waals surface area contributed by atoms with Gasteiger partial charge in [0.1, 0.15) is 10.7 Å². The van der Waals surface area contributed by atoms with Crippen molar-refractivity contribution in [3.05, 3.63) is 77.3 Å². The maximum absolute atomic E-state index is 12.9. The van der Waals surface area contributed by atoms with Gasteiger partial charge >= 0.3 is 0 Å². The van der Waals surface area contributed by atoms with Crippen molar-refractivity contribution in [2.45, 2.75) is 18.9 Å². The van der Waals surface area contributed by atoms with Crippen LogP contribution in [0.4, 0.5) is 0 Å². The fraction of sp³-hybridized carbons (Fsp3) is 0.200.